The van der Waals surface area contributed by atoms with Crippen LogP contribution in [-0.4, -0.2) is 6.54 Å². The normalized spacial score (nSPS) is 12.2. The smallest absolute Gasteiger partial charge is 0.0637 e. The first-order valence-electron chi connectivity index (χ1n) is 5.98. The molecule has 0 amide bonds. The molecule has 3 heteroatoms. The van der Waals surface area contributed by atoms with E-state index in [1.807, 2.05) is 18.2 Å². The van der Waals surface area contributed by atoms with E-state index in [0.29, 0.717) is 16.0 Å². The van der Waals surface area contributed by atoms with Gasteiger partial charge < -0.3 is 5.32 Å². The molecule has 0 unspecified atom stereocenters. The molecule has 1 N–H and O–H groups in total. The summed E-state index contributed by atoms with van der Waals surface area (Å²) in [5, 5.41) is 4.72. The molecule has 0 atom stereocenters. The average Bonchev–Trinajstić information content (AvgIpc) is 2.24. The van der Waals surface area contributed by atoms with Crippen molar-refractivity contribution in [3.05, 3.63) is 33.8 Å². The van der Waals surface area contributed by atoms with Crippen LogP contribution in [0, 0.1) is 11.3 Å². The molecule has 1 aromatic rings. The van der Waals surface area contributed by atoms with Gasteiger partial charge in [0.1, 0.15) is 0 Å². The van der Waals surface area contributed by atoms with Crippen LogP contribution < -0.4 is 5.32 Å². The van der Waals surface area contributed by atoms with Gasteiger partial charge in [0.15, 0.2) is 0 Å². The molecule has 0 aliphatic rings. The topological polar surface area (TPSA) is 12.0 Å². The third-order valence-electron chi connectivity index (χ3n) is 3.49. The Morgan fingerprint density at radius 1 is 1.24 bits per heavy atom. The van der Waals surface area contributed by atoms with Gasteiger partial charge in [0.2, 0.25) is 0 Å². The second-order valence-corrected chi connectivity index (χ2v) is 6.24. The molecular weight excluding hydrogens is 253 g/mol. The predicted octanol–water partition coefficient (Wildman–Crippen LogP) is 4.77. The van der Waals surface area contributed by atoms with E-state index >= 15 is 0 Å². The molecule has 1 nitrogen and oxygen atoms in total. The zero-order valence-electron chi connectivity index (χ0n) is 11.0. The number of halogens is 2. The maximum atomic E-state index is 6.13. The number of rotatable bonds is 5. The van der Waals surface area contributed by atoms with Crippen LogP contribution in [0.2, 0.25) is 10.0 Å². The summed E-state index contributed by atoms with van der Waals surface area (Å²) in [6.45, 7) is 10.7. The third kappa shape index (κ3) is 4.17. The number of nitrogens with one attached hydrogen (secondary N) is 1. The first kappa shape index (κ1) is 14.8. The molecule has 1 rings (SSSR count). The minimum Gasteiger partial charge on any atom is -0.312 e. The highest BCUT2D eigenvalue weighted by Gasteiger charge is 2.21. The molecule has 0 spiro atoms. The van der Waals surface area contributed by atoms with Crippen LogP contribution in [0.4, 0.5) is 0 Å². The van der Waals surface area contributed by atoms with Crippen LogP contribution >= 0.6 is 23.2 Å². The quantitative estimate of drug-likeness (QED) is 0.815. The van der Waals surface area contributed by atoms with Crippen molar-refractivity contribution < 1.29 is 0 Å². The van der Waals surface area contributed by atoms with Gasteiger partial charge in [-0.2, -0.15) is 0 Å². The first-order valence-corrected chi connectivity index (χ1v) is 6.74. The molecule has 0 aromatic heterocycles. The average molecular weight is 274 g/mol. The summed E-state index contributed by atoms with van der Waals surface area (Å²) in [5.74, 6) is 0.643. The van der Waals surface area contributed by atoms with Gasteiger partial charge in [-0.25, -0.2) is 0 Å². The maximum Gasteiger partial charge on any atom is 0.0637 e. The number of hydrogen-bond acceptors (Lipinski definition) is 1. The fraction of sp³-hybridized carbons (Fsp3) is 0.571. The highest BCUT2D eigenvalue weighted by atomic mass is 35.5. The predicted molar refractivity (Wildman–Crippen MR) is 76.8 cm³/mol. The van der Waals surface area contributed by atoms with Crippen molar-refractivity contribution in [3.63, 3.8) is 0 Å². The van der Waals surface area contributed by atoms with Crippen molar-refractivity contribution >= 4 is 23.2 Å². The van der Waals surface area contributed by atoms with Crippen molar-refractivity contribution in [1.82, 2.24) is 5.32 Å². The Balaban J connectivity index is 2.55. The Labute approximate surface area is 115 Å². The summed E-state index contributed by atoms with van der Waals surface area (Å²) in [4.78, 5) is 0. The summed E-state index contributed by atoms with van der Waals surface area (Å²) in [6.07, 6.45) is 0. The molecule has 0 saturated heterocycles. The summed E-state index contributed by atoms with van der Waals surface area (Å²) in [5.41, 5.74) is 1.34. The van der Waals surface area contributed by atoms with Gasteiger partial charge in [-0.05, 0) is 23.0 Å². The van der Waals surface area contributed by atoms with E-state index in [-0.39, 0.29) is 5.41 Å². The Morgan fingerprint density at radius 3 is 2.47 bits per heavy atom. The van der Waals surface area contributed by atoms with E-state index < -0.39 is 0 Å². The molecule has 0 saturated carbocycles. The van der Waals surface area contributed by atoms with E-state index in [9.17, 15) is 0 Å². The van der Waals surface area contributed by atoms with Crippen molar-refractivity contribution in [2.24, 2.45) is 11.3 Å². The van der Waals surface area contributed by atoms with Gasteiger partial charge in [0.05, 0.1) is 10.0 Å². The van der Waals surface area contributed by atoms with E-state index in [0.717, 1.165) is 18.7 Å². The lowest BCUT2D eigenvalue weighted by Gasteiger charge is -2.29. The molecule has 0 heterocycles. The van der Waals surface area contributed by atoms with Gasteiger partial charge in [-0.1, -0.05) is 63.0 Å². The van der Waals surface area contributed by atoms with E-state index in [1.54, 1.807) is 0 Å². The Bertz CT molecular complexity index is 372. The molecule has 0 radical (unpaired) electrons. The summed E-state index contributed by atoms with van der Waals surface area (Å²) >= 11 is 12.1. The van der Waals surface area contributed by atoms with Crippen molar-refractivity contribution in [2.45, 2.75) is 34.2 Å². The van der Waals surface area contributed by atoms with Crippen LogP contribution in [-0.2, 0) is 6.54 Å². The fourth-order valence-corrected chi connectivity index (χ4v) is 1.80. The summed E-state index contributed by atoms with van der Waals surface area (Å²) in [7, 11) is 0. The Hall–Kier alpha value is -0.240. The third-order valence-corrected chi connectivity index (χ3v) is 4.35. The van der Waals surface area contributed by atoms with Gasteiger partial charge in [0.25, 0.3) is 0 Å². The number of hydrogen-bond donors (Lipinski definition) is 1. The van der Waals surface area contributed by atoms with Gasteiger partial charge in [0, 0.05) is 13.1 Å². The minimum absolute atomic E-state index is 0.283. The zero-order chi connectivity index (χ0) is 13.1. The lowest BCUT2D eigenvalue weighted by atomic mass is 9.81. The molecule has 17 heavy (non-hydrogen) atoms. The highest BCUT2D eigenvalue weighted by molar-refractivity contribution is 6.42. The second-order valence-electron chi connectivity index (χ2n) is 5.46. The summed E-state index contributed by atoms with van der Waals surface area (Å²) < 4.78 is 0. The van der Waals surface area contributed by atoms with Gasteiger partial charge in [-0.15, -0.1) is 0 Å². The van der Waals surface area contributed by atoms with Crippen molar-refractivity contribution in [1.29, 1.82) is 0 Å². The van der Waals surface area contributed by atoms with Gasteiger partial charge in [-0.3, -0.25) is 0 Å². The van der Waals surface area contributed by atoms with E-state index in [4.69, 9.17) is 23.2 Å². The van der Waals surface area contributed by atoms with Crippen molar-refractivity contribution in [3.8, 4) is 0 Å². The molecule has 96 valence electrons. The van der Waals surface area contributed by atoms with Crippen molar-refractivity contribution in [2.75, 3.05) is 6.54 Å². The zero-order valence-corrected chi connectivity index (χ0v) is 12.5. The molecule has 0 aliphatic heterocycles. The lowest BCUT2D eigenvalue weighted by molar-refractivity contribution is 0.238. The van der Waals surface area contributed by atoms with Crippen LogP contribution in [0.15, 0.2) is 18.2 Å². The molecule has 1 aromatic carbocycles. The van der Waals surface area contributed by atoms with Crippen LogP contribution in [0.1, 0.15) is 33.3 Å². The standard InChI is InChI=1S/C14H21Cl2N/c1-10(2)14(3,4)9-17-8-11-6-5-7-12(15)13(11)16/h5-7,10,17H,8-9H2,1-4H3. The number of benzene rings is 1. The second kappa shape index (κ2) is 6.08. The Kier molecular flexibility index (Phi) is 5.30. The monoisotopic (exact) mass is 273 g/mol. The fourth-order valence-electron chi connectivity index (χ4n) is 1.41. The van der Waals surface area contributed by atoms with E-state index in [1.165, 1.54) is 0 Å². The van der Waals surface area contributed by atoms with Crippen LogP contribution in [0.25, 0.3) is 0 Å². The molecule has 0 fully saturated rings. The maximum absolute atomic E-state index is 6.13. The minimum atomic E-state index is 0.283. The van der Waals surface area contributed by atoms with Crippen LogP contribution in [0.3, 0.4) is 0 Å². The molecule has 0 bridgehead atoms. The van der Waals surface area contributed by atoms with E-state index in [2.05, 4.69) is 33.0 Å². The summed E-state index contributed by atoms with van der Waals surface area (Å²) in [6, 6.07) is 5.74. The molecular formula is C14H21Cl2N. The largest absolute Gasteiger partial charge is 0.312 e. The Morgan fingerprint density at radius 2 is 1.88 bits per heavy atom. The first-order chi connectivity index (χ1) is 7.84. The SMILES string of the molecule is CC(C)C(C)(C)CNCc1cccc(Cl)c1Cl. The highest BCUT2D eigenvalue weighted by Crippen LogP contribution is 2.27. The molecule has 0 aliphatic carbocycles. The van der Waals surface area contributed by atoms with Crippen LogP contribution in [0.5, 0.6) is 0 Å². The lowest BCUT2D eigenvalue weighted by Crippen LogP contribution is -2.33. The van der Waals surface area contributed by atoms with Gasteiger partial charge >= 0.3 is 0 Å².